The maximum atomic E-state index is 13.3. The number of fused-ring (bicyclic) bond motifs is 1. The van der Waals surface area contributed by atoms with Crippen LogP contribution < -0.4 is 10.2 Å². The molecule has 160 valence electrons. The van der Waals surface area contributed by atoms with Crippen molar-refractivity contribution >= 4 is 38.8 Å². The maximum Gasteiger partial charge on any atom is 0.275 e. The smallest absolute Gasteiger partial charge is 0.275 e. The van der Waals surface area contributed by atoms with Gasteiger partial charge in [-0.15, -0.1) is 0 Å². The second-order valence-corrected chi connectivity index (χ2v) is 7.88. The molecule has 0 aromatic heterocycles. The molecule has 0 spiro atoms. The summed E-state index contributed by atoms with van der Waals surface area (Å²) in [6, 6.07) is 22.2. The Bertz CT molecular complexity index is 1320. The highest BCUT2D eigenvalue weighted by Gasteiger charge is 2.12. The van der Waals surface area contributed by atoms with Gasteiger partial charge in [-0.25, -0.2) is 9.82 Å². The lowest BCUT2D eigenvalue weighted by Crippen LogP contribution is -2.17. The standard InChI is InChI=1S/C25H18BrFN2O3/c26-22-11-16(8-9-24(22)32-15-17-4-3-7-20(27)10-17)14-28-29-25(31)21-12-18-5-1-2-6-19(18)13-23(21)30/h1-14,30H,15H2,(H,29,31). The summed E-state index contributed by atoms with van der Waals surface area (Å²) in [5.74, 6) is -0.343. The van der Waals surface area contributed by atoms with E-state index in [0.717, 1.165) is 21.9 Å². The van der Waals surface area contributed by atoms with E-state index in [9.17, 15) is 14.3 Å². The molecule has 0 saturated carbocycles. The van der Waals surface area contributed by atoms with E-state index in [-0.39, 0.29) is 23.7 Å². The SMILES string of the molecule is O=C(NN=Cc1ccc(OCc2cccc(F)c2)c(Br)c1)c1cc2ccccc2cc1O. The van der Waals surface area contributed by atoms with E-state index in [1.54, 1.807) is 42.5 Å². The Labute approximate surface area is 192 Å². The second-order valence-electron chi connectivity index (χ2n) is 7.02. The molecule has 4 rings (SSSR count). The summed E-state index contributed by atoms with van der Waals surface area (Å²) in [5, 5.41) is 15.8. The van der Waals surface area contributed by atoms with Gasteiger partial charge in [-0.05, 0) is 80.3 Å². The Morgan fingerprint density at radius 2 is 1.81 bits per heavy atom. The molecule has 0 aliphatic rings. The van der Waals surface area contributed by atoms with Crippen molar-refractivity contribution in [2.24, 2.45) is 5.10 Å². The van der Waals surface area contributed by atoms with Crippen LogP contribution in [-0.4, -0.2) is 17.2 Å². The van der Waals surface area contributed by atoms with E-state index in [1.165, 1.54) is 18.3 Å². The summed E-state index contributed by atoms with van der Waals surface area (Å²) in [6.45, 7) is 0.231. The Balaban J connectivity index is 1.40. The first kappa shape index (κ1) is 21.5. The number of amides is 1. The third-order valence-electron chi connectivity index (χ3n) is 4.73. The van der Waals surface area contributed by atoms with Gasteiger partial charge >= 0.3 is 0 Å². The summed E-state index contributed by atoms with van der Waals surface area (Å²) in [5.41, 5.74) is 4.01. The summed E-state index contributed by atoms with van der Waals surface area (Å²) < 4.78 is 19.7. The van der Waals surface area contributed by atoms with Crippen molar-refractivity contribution < 1.29 is 19.0 Å². The summed E-state index contributed by atoms with van der Waals surface area (Å²) >= 11 is 3.44. The molecular weight excluding hydrogens is 475 g/mol. The summed E-state index contributed by atoms with van der Waals surface area (Å²) in [6.07, 6.45) is 1.48. The molecule has 4 aromatic carbocycles. The van der Waals surface area contributed by atoms with Gasteiger partial charge in [-0.3, -0.25) is 4.79 Å². The van der Waals surface area contributed by atoms with E-state index >= 15 is 0 Å². The minimum atomic E-state index is -0.515. The summed E-state index contributed by atoms with van der Waals surface area (Å²) in [7, 11) is 0. The van der Waals surface area contributed by atoms with Crippen LogP contribution in [0.25, 0.3) is 10.8 Å². The molecule has 32 heavy (non-hydrogen) atoms. The van der Waals surface area contributed by atoms with Crippen molar-refractivity contribution in [3.63, 3.8) is 0 Å². The third kappa shape index (κ3) is 5.12. The molecule has 0 aliphatic heterocycles. The molecule has 0 fully saturated rings. The van der Waals surface area contributed by atoms with Gasteiger partial charge in [0.05, 0.1) is 16.3 Å². The van der Waals surface area contributed by atoms with Gasteiger partial charge in [0.15, 0.2) is 0 Å². The number of halogens is 2. The molecule has 0 radical (unpaired) electrons. The number of hydrazone groups is 1. The van der Waals surface area contributed by atoms with E-state index in [4.69, 9.17) is 4.74 Å². The molecule has 0 heterocycles. The number of hydrogen-bond acceptors (Lipinski definition) is 4. The first-order valence-corrected chi connectivity index (χ1v) is 10.5. The Morgan fingerprint density at radius 3 is 2.56 bits per heavy atom. The van der Waals surface area contributed by atoms with Crippen LogP contribution in [0.5, 0.6) is 11.5 Å². The number of ether oxygens (including phenoxy) is 1. The average molecular weight is 493 g/mol. The molecule has 7 heteroatoms. The topological polar surface area (TPSA) is 70.9 Å². The zero-order chi connectivity index (χ0) is 22.5. The zero-order valence-electron chi connectivity index (χ0n) is 16.8. The van der Waals surface area contributed by atoms with Crippen LogP contribution in [0.2, 0.25) is 0 Å². The van der Waals surface area contributed by atoms with E-state index in [2.05, 4.69) is 26.5 Å². The van der Waals surface area contributed by atoms with Crippen molar-refractivity contribution in [3.05, 3.63) is 106 Å². The number of benzene rings is 4. The van der Waals surface area contributed by atoms with Crippen molar-refractivity contribution in [3.8, 4) is 11.5 Å². The Hall–Kier alpha value is -3.71. The number of nitrogens with one attached hydrogen (secondary N) is 1. The van der Waals surface area contributed by atoms with Gasteiger partial charge in [-0.1, -0.05) is 36.4 Å². The van der Waals surface area contributed by atoms with E-state index in [1.807, 2.05) is 24.3 Å². The van der Waals surface area contributed by atoms with Gasteiger partial charge in [0.1, 0.15) is 23.9 Å². The van der Waals surface area contributed by atoms with Crippen LogP contribution in [0, 0.1) is 5.82 Å². The number of aromatic hydroxyl groups is 1. The molecule has 2 N–H and O–H groups in total. The van der Waals surface area contributed by atoms with Crippen LogP contribution in [0.15, 0.2) is 88.4 Å². The predicted octanol–water partition coefficient (Wildman–Crippen LogP) is 5.79. The van der Waals surface area contributed by atoms with Crippen LogP contribution in [0.1, 0.15) is 21.5 Å². The molecule has 4 aromatic rings. The largest absolute Gasteiger partial charge is 0.507 e. The number of nitrogens with zero attached hydrogens (tertiary/aromatic N) is 1. The van der Waals surface area contributed by atoms with Crippen molar-refractivity contribution in [2.75, 3.05) is 0 Å². The van der Waals surface area contributed by atoms with Gasteiger partial charge in [0, 0.05) is 0 Å². The normalized spacial score (nSPS) is 11.1. The van der Waals surface area contributed by atoms with Crippen LogP contribution in [0.4, 0.5) is 4.39 Å². The zero-order valence-corrected chi connectivity index (χ0v) is 18.3. The average Bonchev–Trinajstić information content (AvgIpc) is 2.78. The lowest BCUT2D eigenvalue weighted by molar-refractivity contribution is 0.0952. The van der Waals surface area contributed by atoms with Crippen molar-refractivity contribution in [1.82, 2.24) is 5.43 Å². The molecule has 0 unspecified atom stereocenters. The molecule has 0 aliphatic carbocycles. The molecule has 0 saturated heterocycles. The highest BCUT2D eigenvalue weighted by Crippen LogP contribution is 2.27. The number of phenolic OH excluding ortho intramolecular Hbond substituents is 1. The fourth-order valence-corrected chi connectivity index (χ4v) is 3.65. The second kappa shape index (κ2) is 9.62. The molecular formula is C25H18BrFN2O3. The number of carbonyl (C=O) groups excluding carboxylic acids is 1. The van der Waals surface area contributed by atoms with Crippen molar-refractivity contribution in [2.45, 2.75) is 6.61 Å². The third-order valence-corrected chi connectivity index (χ3v) is 5.35. The molecule has 0 atom stereocenters. The van der Waals surface area contributed by atoms with Gasteiger partial charge in [-0.2, -0.15) is 5.10 Å². The van der Waals surface area contributed by atoms with Crippen LogP contribution >= 0.6 is 15.9 Å². The predicted molar refractivity (Wildman–Crippen MR) is 126 cm³/mol. The van der Waals surface area contributed by atoms with Crippen molar-refractivity contribution in [1.29, 1.82) is 0 Å². The van der Waals surface area contributed by atoms with Gasteiger partial charge in [0.2, 0.25) is 0 Å². The molecule has 0 bridgehead atoms. The fraction of sp³-hybridized carbons (Fsp3) is 0.0400. The minimum absolute atomic E-state index is 0.112. The minimum Gasteiger partial charge on any atom is -0.507 e. The Kier molecular flexibility index (Phi) is 6.47. The maximum absolute atomic E-state index is 13.3. The van der Waals surface area contributed by atoms with Gasteiger partial charge in [0.25, 0.3) is 5.91 Å². The first-order chi connectivity index (χ1) is 15.5. The van der Waals surface area contributed by atoms with Crippen LogP contribution in [0.3, 0.4) is 0 Å². The lowest BCUT2D eigenvalue weighted by atomic mass is 10.1. The quantitative estimate of drug-likeness (QED) is 0.264. The van der Waals surface area contributed by atoms with Crippen LogP contribution in [-0.2, 0) is 6.61 Å². The molecule has 5 nitrogen and oxygen atoms in total. The highest BCUT2D eigenvalue weighted by atomic mass is 79.9. The lowest BCUT2D eigenvalue weighted by Gasteiger charge is -2.09. The van der Waals surface area contributed by atoms with E-state index in [0.29, 0.717) is 10.2 Å². The Morgan fingerprint density at radius 1 is 1.03 bits per heavy atom. The monoisotopic (exact) mass is 492 g/mol. The first-order valence-electron chi connectivity index (χ1n) is 9.71. The summed E-state index contributed by atoms with van der Waals surface area (Å²) in [4.78, 5) is 12.4. The highest BCUT2D eigenvalue weighted by molar-refractivity contribution is 9.10. The number of carbonyl (C=O) groups is 1. The number of rotatable bonds is 6. The number of hydrogen-bond donors (Lipinski definition) is 2. The van der Waals surface area contributed by atoms with E-state index < -0.39 is 5.91 Å². The fourth-order valence-electron chi connectivity index (χ4n) is 3.14. The van der Waals surface area contributed by atoms with Gasteiger partial charge < -0.3 is 9.84 Å². The molecule has 1 amide bonds. The number of phenols is 1.